The van der Waals surface area contributed by atoms with Crippen LogP contribution in [-0.4, -0.2) is 29.6 Å². The van der Waals surface area contributed by atoms with Crippen LogP contribution in [0.2, 0.25) is 0 Å². The monoisotopic (exact) mass is 246 g/mol. The standard InChI is InChI=1S/C10H10N6S/c1-15-7(4-5-11-15)9-14-16-8(6-2-3-6)12-13-10(16)17-9/h4-6H,2-3H2,1H3. The van der Waals surface area contributed by atoms with Crippen molar-refractivity contribution >= 4 is 16.3 Å². The molecule has 0 aromatic carbocycles. The van der Waals surface area contributed by atoms with Gasteiger partial charge in [-0.3, -0.25) is 4.68 Å². The molecule has 0 bridgehead atoms. The van der Waals surface area contributed by atoms with Gasteiger partial charge in [0.1, 0.15) is 0 Å². The maximum Gasteiger partial charge on any atom is 0.235 e. The highest BCUT2D eigenvalue weighted by Gasteiger charge is 2.30. The van der Waals surface area contributed by atoms with Gasteiger partial charge in [0.05, 0.1) is 5.69 Å². The number of nitrogens with zero attached hydrogens (tertiary/aromatic N) is 6. The fraction of sp³-hybridized carbons (Fsp3) is 0.400. The fourth-order valence-electron chi connectivity index (χ4n) is 1.92. The van der Waals surface area contributed by atoms with Crippen molar-refractivity contribution in [1.29, 1.82) is 0 Å². The van der Waals surface area contributed by atoms with Crippen molar-refractivity contribution in [2.45, 2.75) is 18.8 Å². The molecule has 0 saturated heterocycles. The summed E-state index contributed by atoms with van der Waals surface area (Å²) in [6.45, 7) is 0. The highest BCUT2D eigenvalue weighted by atomic mass is 32.1. The molecule has 1 saturated carbocycles. The van der Waals surface area contributed by atoms with E-state index in [9.17, 15) is 0 Å². The highest BCUT2D eigenvalue weighted by molar-refractivity contribution is 7.19. The zero-order valence-corrected chi connectivity index (χ0v) is 10.1. The molecule has 1 aliphatic rings. The third-order valence-electron chi connectivity index (χ3n) is 3.00. The van der Waals surface area contributed by atoms with E-state index in [2.05, 4.69) is 20.4 Å². The number of hydrogen-bond acceptors (Lipinski definition) is 5. The number of hydrogen-bond donors (Lipinski definition) is 0. The predicted molar refractivity (Wildman–Crippen MR) is 62.8 cm³/mol. The molecule has 0 aliphatic heterocycles. The maximum absolute atomic E-state index is 4.59. The van der Waals surface area contributed by atoms with Crippen molar-refractivity contribution in [1.82, 2.24) is 29.6 Å². The van der Waals surface area contributed by atoms with Gasteiger partial charge in [-0.25, -0.2) is 0 Å². The van der Waals surface area contributed by atoms with Crippen molar-refractivity contribution in [3.05, 3.63) is 18.1 Å². The van der Waals surface area contributed by atoms with Gasteiger partial charge in [0.25, 0.3) is 0 Å². The van der Waals surface area contributed by atoms with Gasteiger partial charge in [-0.1, -0.05) is 11.3 Å². The number of rotatable bonds is 2. The Labute approximate surface area is 101 Å². The first-order chi connectivity index (χ1) is 8.33. The normalized spacial score (nSPS) is 15.8. The lowest BCUT2D eigenvalue weighted by Crippen LogP contribution is -1.96. The molecular weight excluding hydrogens is 236 g/mol. The minimum atomic E-state index is 0.562. The van der Waals surface area contributed by atoms with Crippen molar-refractivity contribution in [2.75, 3.05) is 0 Å². The molecule has 0 N–H and O–H groups in total. The summed E-state index contributed by atoms with van der Waals surface area (Å²) in [7, 11) is 1.92. The van der Waals surface area contributed by atoms with Crippen LogP contribution in [0.5, 0.6) is 0 Å². The lowest BCUT2D eigenvalue weighted by atomic mass is 10.4. The molecule has 3 aromatic heterocycles. The summed E-state index contributed by atoms with van der Waals surface area (Å²) in [4.78, 5) is 0.864. The van der Waals surface area contributed by atoms with Gasteiger partial charge in [0, 0.05) is 19.2 Å². The Morgan fingerprint density at radius 1 is 1.35 bits per heavy atom. The van der Waals surface area contributed by atoms with E-state index in [1.807, 2.05) is 22.3 Å². The third kappa shape index (κ3) is 1.32. The summed E-state index contributed by atoms with van der Waals surface area (Å²) < 4.78 is 3.70. The molecular formula is C10H10N6S. The zero-order valence-electron chi connectivity index (χ0n) is 9.24. The van der Waals surface area contributed by atoms with E-state index in [4.69, 9.17) is 0 Å². The Morgan fingerprint density at radius 2 is 2.24 bits per heavy atom. The molecule has 3 heterocycles. The zero-order chi connectivity index (χ0) is 11.4. The first-order valence-electron chi connectivity index (χ1n) is 5.53. The van der Waals surface area contributed by atoms with Crippen LogP contribution in [0, 0.1) is 0 Å². The number of aryl methyl sites for hydroxylation is 1. The SMILES string of the molecule is Cn1nccc1-c1nn2c(C3CC3)nnc2s1. The third-order valence-corrected chi connectivity index (χ3v) is 3.92. The number of aromatic nitrogens is 6. The van der Waals surface area contributed by atoms with E-state index >= 15 is 0 Å². The summed E-state index contributed by atoms with van der Waals surface area (Å²) in [5, 5.41) is 18.1. The van der Waals surface area contributed by atoms with Crippen LogP contribution < -0.4 is 0 Å². The van der Waals surface area contributed by atoms with Crippen LogP contribution in [0.25, 0.3) is 15.7 Å². The first-order valence-corrected chi connectivity index (χ1v) is 6.35. The molecule has 0 radical (unpaired) electrons. The Morgan fingerprint density at radius 3 is 2.94 bits per heavy atom. The van der Waals surface area contributed by atoms with E-state index in [1.54, 1.807) is 17.5 Å². The predicted octanol–water partition coefficient (Wildman–Crippen LogP) is 1.46. The van der Waals surface area contributed by atoms with Crippen molar-refractivity contribution < 1.29 is 0 Å². The van der Waals surface area contributed by atoms with E-state index < -0.39 is 0 Å². The molecule has 3 aromatic rings. The lowest BCUT2D eigenvalue weighted by molar-refractivity contribution is 0.768. The topological polar surface area (TPSA) is 60.9 Å². The summed E-state index contributed by atoms with van der Waals surface area (Å²) in [5.41, 5.74) is 1.02. The van der Waals surface area contributed by atoms with Crippen LogP contribution in [-0.2, 0) is 7.05 Å². The van der Waals surface area contributed by atoms with Crippen molar-refractivity contribution in [3.63, 3.8) is 0 Å². The van der Waals surface area contributed by atoms with E-state index in [1.165, 1.54) is 12.8 Å². The molecule has 7 heteroatoms. The Kier molecular flexibility index (Phi) is 1.71. The summed E-state index contributed by atoms with van der Waals surface area (Å²) >= 11 is 1.55. The Hall–Kier alpha value is -1.76. The average Bonchev–Trinajstić information content (AvgIpc) is 2.75. The van der Waals surface area contributed by atoms with Gasteiger partial charge in [0.15, 0.2) is 10.8 Å². The van der Waals surface area contributed by atoms with Gasteiger partial charge < -0.3 is 0 Å². The molecule has 0 unspecified atom stereocenters. The molecule has 0 spiro atoms. The minimum Gasteiger partial charge on any atom is -0.265 e. The van der Waals surface area contributed by atoms with Gasteiger partial charge in [-0.05, 0) is 18.9 Å². The Balaban J connectivity index is 1.90. The molecule has 0 atom stereocenters. The molecule has 4 rings (SSSR count). The van der Waals surface area contributed by atoms with Crippen molar-refractivity contribution in [2.24, 2.45) is 7.05 Å². The highest BCUT2D eigenvalue weighted by Crippen LogP contribution is 2.39. The maximum atomic E-state index is 4.59. The minimum absolute atomic E-state index is 0.562. The molecule has 86 valence electrons. The lowest BCUT2D eigenvalue weighted by Gasteiger charge is -1.94. The quantitative estimate of drug-likeness (QED) is 0.687. The van der Waals surface area contributed by atoms with Crippen LogP contribution in [0.3, 0.4) is 0 Å². The van der Waals surface area contributed by atoms with Crippen LogP contribution in [0.15, 0.2) is 12.3 Å². The average molecular weight is 246 g/mol. The first kappa shape index (κ1) is 9.29. The van der Waals surface area contributed by atoms with Crippen molar-refractivity contribution in [3.8, 4) is 10.7 Å². The Bertz CT molecular complexity index is 689. The smallest absolute Gasteiger partial charge is 0.235 e. The number of fused-ring (bicyclic) bond motifs is 1. The van der Waals surface area contributed by atoms with Crippen LogP contribution in [0.4, 0.5) is 0 Å². The van der Waals surface area contributed by atoms with E-state index in [0.29, 0.717) is 5.92 Å². The van der Waals surface area contributed by atoms with Gasteiger partial charge in [0.2, 0.25) is 4.96 Å². The van der Waals surface area contributed by atoms with E-state index in [0.717, 1.165) is 21.5 Å². The second kappa shape index (κ2) is 3.13. The molecule has 1 fully saturated rings. The molecule has 0 amide bonds. The molecule has 17 heavy (non-hydrogen) atoms. The second-order valence-electron chi connectivity index (χ2n) is 4.27. The fourth-order valence-corrected chi connectivity index (χ4v) is 2.82. The van der Waals surface area contributed by atoms with Crippen LogP contribution in [0.1, 0.15) is 24.6 Å². The van der Waals surface area contributed by atoms with Crippen LogP contribution >= 0.6 is 11.3 Å². The van der Waals surface area contributed by atoms with Gasteiger partial charge >= 0.3 is 0 Å². The second-order valence-corrected chi connectivity index (χ2v) is 5.23. The summed E-state index contributed by atoms with van der Waals surface area (Å²) in [6.07, 6.45) is 4.19. The van der Waals surface area contributed by atoms with E-state index in [-0.39, 0.29) is 0 Å². The molecule has 1 aliphatic carbocycles. The van der Waals surface area contributed by atoms with Gasteiger partial charge in [-0.2, -0.15) is 14.7 Å². The summed E-state index contributed by atoms with van der Waals surface area (Å²) in [5.74, 6) is 1.57. The summed E-state index contributed by atoms with van der Waals surface area (Å²) in [6, 6.07) is 1.96. The largest absolute Gasteiger partial charge is 0.265 e. The van der Waals surface area contributed by atoms with Gasteiger partial charge in [-0.15, -0.1) is 10.2 Å². The molecule has 6 nitrogen and oxygen atoms in total.